The van der Waals surface area contributed by atoms with Gasteiger partial charge in [0.25, 0.3) is 5.91 Å². The number of aromatic nitrogens is 1. The van der Waals surface area contributed by atoms with Gasteiger partial charge in [-0.3, -0.25) is 4.79 Å². The molecule has 2 heterocycles. The molecule has 1 amide bonds. The minimum absolute atomic E-state index is 0.0834. The highest BCUT2D eigenvalue weighted by atomic mass is 32.2. The van der Waals surface area contributed by atoms with Crippen molar-refractivity contribution in [3.8, 4) is 5.88 Å². The van der Waals surface area contributed by atoms with Crippen LogP contribution in [0.2, 0.25) is 0 Å². The van der Waals surface area contributed by atoms with Crippen LogP contribution in [0.1, 0.15) is 16.8 Å². The summed E-state index contributed by atoms with van der Waals surface area (Å²) < 4.78 is 5.79. The van der Waals surface area contributed by atoms with Gasteiger partial charge in [-0.05, 0) is 32.3 Å². The molecule has 0 unspecified atom stereocenters. The highest BCUT2D eigenvalue weighted by Crippen LogP contribution is 2.22. The maximum atomic E-state index is 12.0. The standard InChI is InChI=1S/C14H21N3O2S/c1-17(2)7-6-16-14(18)11-3-5-15-13(9-11)19-12-4-8-20-10-12/h3,5,9,12H,4,6-8,10H2,1-2H3,(H,16,18)/t12-/m1/s1. The van der Waals surface area contributed by atoms with E-state index in [0.29, 0.717) is 18.0 Å². The third kappa shape index (κ3) is 4.68. The SMILES string of the molecule is CN(C)CCNC(=O)c1ccnc(O[C@@H]2CCSC2)c1. The van der Waals surface area contributed by atoms with E-state index in [2.05, 4.69) is 10.3 Å². The van der Waals surface area contributed by atoms with Crippen LogP contribution in [0.15, 0.2) is 18.3 Å². The van der Waals surface area contributed by atoms with Crippen LogP contribution in [0.3, 0.4) is 0 Å². The van der Waals surface area contributed by atoms with Gasteiger partial charge in [-0.15, -0.1) is 0 Å². The largest absolute Gasteiger partial charge is 0.473 e. The third-order valence-electron chi connectivity index (χ3n) is 3.02. The van der Waals surface area contributed by atoms with Gasteiger partial charge in [0.05, 0.1) is 0 Å². The maximum Gasteiger partial charge on any atom is 0.251 e. The quantitative estimate of drug-likeness (QED) is 0.856. The summed E-state index contributed by atoms with van der Waals surface area (Å²) in [5.74, 6) is 2.59. The predicted octanol–water partition coefficient (Wildman–Crippen LogP) is 1.26. The molecule has 1 atom stereocenters. The van der Waals surface area contributed by atoms with Gasteiger partial charge in [-0.2, -0.15) is 11.8 Å². The van der Waals surface area contributed by atoms with Crippen LogP contribution in [0.25, 0.3) is 0 Å². The molecule has 0 spiro atoms. The molecule has 110 valence electrons. The summed E-state index contributed by atoms with van der Waals surface area (Å²) in [6.45, 7) is 1.45. The summed E-state index contributed by atoms with van der Waals surface area (Å²) in [6, 6.07) is 3.43. The lowest BCUT2D eigenvalue weighted by molar-refractivity contribution is 0.0950. The number of pyridine rings is 1. The molecule has 1 N–H and O–H groups in total. The second-order valence-corrected chi connectivity index (χ2v) is 6.20. The topological polar surface area (TPSA) is 54.5 Å². The molecule has 0 aromatic carbocycles. The number of thioether (sulfide) groups is 1. The van der Waals surface area contributed by atoms with Gasteiger partial charge in [-0.25, -0.2) is 4.98 Å². The zero-order chi connectivity index (χ0) is 14.4. The second kappa shape index (κ2) is 7.50. The van der Waals surface area contributed by atoms with E-state index in [-0.39, 0.29) is 12.0 Å². The lowest BCUT2D eigenvalue weighted by atomic mass is 10.2. The van der Waals surface area contributed by atoms with Crippen molar-refractivity contribution in [2.45, 2.75) is 12.5 Å². The molecule has 6 heteroatoms. The minimum atomic E-state index is -0.0834. The van der Waals surface area contributed by atoms with E-state index in [1.807, 2.05) is 30.8 Å². The molecule has 0 radical (unpaired) electrons. The fraction of sp³-hybridized carbons (Fsp3) is 0.571. The van der Waals surface area contributed by atoms with Crippen molar-refractivity contribution in [2.75, 3.05) is 38.7 Å². The van der Waals surface area contributed by atoms with Crippen molar-refractivity contribution in [1.82, 2.24) is 15.2 Å². The first-order valence-electron chi connectivity index (χ1n) is 6.78. The van der Waals surface area contributed by atoms with Crippen LogP contribution in [-0.2, 0) is 0 Å². The van der Waals surface area contributed by atoms with E-state index in [1.54, 1.807) is 18.3 Å². The van der Waals surface area contributed by atoms with Crippen LogP contribution in [0, 0.1) is 0 Å². The summed E-state index contributed by atoms with van der Waals surface area (Å²) in [6.07, 6.45) is 2.89. The van der Waals surface area contributed by atoms with Crippen molar-refractivity contribution in [2.24, 2.45) is 0 Å². The van der Waals surface area contributed by atoms with Crippen molar-refractivity contribution < 1.29 is 9.53 Å². The maximum absolute atomic E-state index is 12.0. The van der Waals surface area contributed by atoms with Gasteiger partial charge >= 0.3 is 0 Å². The van der Waals surface area contributed by atoms with Gasteiger partial charge in [0, 0.05) is 36.7 Å². The van der Waals surface area contributed by atoms with E-state index >= 15 is 0 Å². The number of likely N-dealkylation sites (N-methyl/N-ethyl adjacent to an activating group) is 1. The van der Waals surface area contributed by atoms with Crippen LogP contribution < -0.4 is 10.1 Å². The van der Waals surface area contributed by atoms with E-state index in [1.165, 1.54) is 0 Å². The zero-order valence-electron chi connectivity index (χ0n) is 12.0. The molecule has 1 aliphatic heterocycles. The zero-order valence-corrected chi connectivity index (χ0v) is 12.8. The Hall–Kier alpha value is -1.27. The van der Waals surface area contributed by atoms with Crippen LogP contribution in [0.4, 0.5) is 0 Å². The average Bonchev–Trinajstić information content (AvgIpc) is 2.91. The molecule has 5 nitrogen and oxygen atoms in total. The molecule has 20 heavy (non-hydrogen) atoms. The smallest absolute Gasteiger partial charge is 0.251 e. The van der Waals surface area contributed by atoms with E-state index in [9.17, 15) is 4.79 Å². The summed E-state index contributed by atoms with van der Waals surface area (Å²) in [7, 11) is 3.95. The van der Waals surface area contributed by atoms with Crippen LogP contribution in [-0.4, -0.2) is 60.6 Å². The highest BCUT2D eigenvalue weighted by molar-refractivity contribution is 7.99. The molecule has 1 aliphatic rings. The normalized spacial score (nSPS) is 18.2. The first-order chi connectivity index (χ1) is 9.65. The number of nitrogens with one attached hydrogen (secondary N) is 1. The Labute approximate surface area is 124 Å². The molecule has 2 rings (SSSR count). The predicted molar refractivity (Wildman–Crippen MR) is 81.5 cm³/mol. The Kier molecular flexibility index (Phi) is 5.67. The van der Waals surface area contributed by atoms with Gasteiger partial charge in [0.15, 0.2) is 0 Å². The molecule has 0 bridgehead atoms. The number of nitrogens with zero attached hydrogens (tertiary/aromatic N) is 2. The Bertz CT molecular complexity index is 448. The lowest BCUT2D eigenvalue weighted by Crippen LogP contribution is -2.31. The van der Waals surface area contributed by atoms with Gasteiger partial charge in [0.2, 0.25) is 5.88 Å². The molecule has 0 aliphatic carbocycles. The summed E-state index contributed by atoms with van der Waals surface area (Å²) in [4.78, 5) is 18.2. The Morgan fingerprint density at radius 1 is 1.60 bits per heavy atom. The molecule has 0 saturated carbocycles. The number of carbonyl (C=O) groups is 1. The highest BCUT2D eigenvalue weighted by Gasteiger charge is 2.18. The Morgan fingerprint density at radius 2 is 2.45 bits per heavy atom. The fourth-order valence-electron chi connectivity index (χ4n) is 1.89. The Balaban J connectivity index is 1.89. The molecule has 1 fully saturated rings. The molecule has 1 saturated heterocycles. The molecular formula is C14H21N3O2S. The number of carbonyl (C=O) groups excluding carboxylic acids is 1. The second-order valence-electron chi connectivity index (χ2n) is 5.05. The average molecular weight is 295 g/mol. The number of rotatable bonds is 6. The third-order valence-corrected chi connectivity index (χ3v) is 4.15. The Morgan fingerprint density at radius 3 is 3.15 bits per heavy atom. The van der Waals surface area contributed by atoms with Crippen LogP contribution in [0.5, 0.6) is 5.88 Å². The van der Waals surface area contributed by atoms with E-state index in [4.69, 9.17) is 4.74 Å². The summed E-state index contributed by atoms with van der Waals surface area (Å²) in [5, 5.41) is 2.88. The minimum Gasteiger partial charge on any atom is -0.473 e. The fourth-order valence-corrected chi connectivity index (χ4v) is 2.98. The molecule has 1 aromatic rings. The molecule has 1 aromatic heterocycles. The summed E-state index contributed by atoms with van der Waals surface area (Å²) >= 11 is 1.89. The number of amides is 1. The van der Waals surface area contributed by atoms with Crippen molar-refractivity contribution in [1.29, 1.82) is 0 Å². The van der Waals surface area contributed by atoms with Gasteiger partial charge in [-0.1, -0.05) is 0 Å². The number of hydrogen-bond donors (Lipinski definition) is 1. The number of ether oxygens (including phenoxy) is 1. The summed E-state index contributed by atoms with van der Waals surface area (Å²) in [5.41, 5.74) is 0.597. The molecular weight excluding hydrogens is 274 g/mol. The first-order valence-corrected chi connectivity index (χ1v) is 7.94. The van der Waals surface area contributed by atoms with Gasteiger partial charge < -0.3 is 15.0 Å². The monoisotopic (exact) mass is 295 g/mol. The van der Waals surface area contributed by atoms with Gasteiger partial charge in [0.1, 0.15) is 6.10 Å². The van der Waals surface area contributed by atoms with Crippen molar-refractivity contribution in [3.05, 3.63) is 23.9 Å². The van der Waals surface area contributed by atoms with E-state index in [0.717, 1.165) is 24.5 Å². The van der Waals surface area contributed by atoms with Crippen molar-refractivity contribution >= 4 is 17.7 Å². The number of hydrogen-bond acceptors (Lipinski definition) is 5. The van der Waals surface area contributed by atoms with Crippen LogP contribution >= 0.6 is 11.8 Å². The first kappa shape index (κ1) is 15.1. The van der Waals surface area contributed by atoms with Crippen molar-refractivity contribution in [3.63, 3.8) is 0 Å². The lowest BCUT2D eigenvalue weighted by Gasteiger charge is -2.13. The van der Waals surface area contributed by atoms with E-state index < -0.39 is 0 Å².